The topological polar surface area (TPSA) is 0 Å². The maximum Gasteiger partial charge on any atom is 0.194 e. The predicted molar refractivity (Wildman–Crippen MR) is 101 cm³/mol. The molecule has 2 aromatic rings. The fourth-order valence-corrected chi connectivity index (χ4v) is 4.36. The molecule has 3 rings (SSSR count). The molecule has 1 saturated carbocycles. The minimum Gasteiger partial charge on any atom is -0.204 e. The van der Waals surface area contributed by atoms with Crippen LogP contribution in [-0.2, 0) is 5.41 Å². The second-order valence-corrected chi connectivity index (χ2v) is 7.63. The minimum absolute atomic E-state index is 0.241. The van der Waals surface area contributed by atoms with Gasteiger partial charge in [-0.05, 0) is 53.5 Å². The zero-order valence-corrected chi connectivity index (χ0v) is 15.5. The van der Waals surface area contributed by atoms with E-state index in [2.05, 4.69) is 19.1 Å². The minimum atomic E-state index is -1.41. The van der Waals surface area contributed by atoms with Crippen molar-refractivity contribution in [3.05, 3.63) is 59.4 Å². The third kappa shape index (κ3) is 3.97. The van der Waals surface area contributed by atoms with Crippen LogP contribution in [0.4, 0.5) is 13.2 Å². The van der Waals surface area contributed by atoms with Gasteiger partial charge in [-0.15, -0.1) is 0 Å². The van der Waals surface area contributed by atoms with Gasteiger partial charge in [0.1, 0.15) is 0 Å². The van der Waals surface area contributed by atoms with Gasteiger partial charge in [-0.3, -0.25) is 0 Å². The average molecular weight is 360 g/mol. The van der Waals surface area contributed by atoms with Crippen LogP contribution in [0.3, 0.4) is 0 Å². The largest absolute Gasteiger partial charge is 0.204 e. The molecule has 0 spiro atoms. The second kappa shape index (κ2) is 8.28. The molecule has 0 saturated heterocycles. The van der Waals surface area contributed by atoms with Gasteiger partial charge in [-0.1, -0.05) is 69.7 Å². The summed E-state index contributed by atoms with van der Waals surface area (Å²) in [6.07, 6.45) is 11.2. The zero-order chi connectivity index (χ0) is 18.6. The summed E-state index contributed by atoms with van der Waals surface area (Å²) in [4.78, 5) is 0. The molecule has 0 nitrogen and oxygen atoms in total. The van der Waals surface area contributed by atoms with Crippen molar-refractivity contribution in [1.29, 1.82) is 0 Å². The number of rotatable bonds is 6. The first-order valence-electron chi connectivity index (χ1n) is 9.81. The summed E-state index contributed by atoms with van der Waals surface area (Å²) < 4.78 is 40.2. The van der Waals surface area contributed by atoms with E-state index in [1.807, 2.05) is 12.1 Å². The van der Waals surface area contributed by atoms with Crippen molar-refractivity contribution in [3.63, 3.8) is 0 Å². The molecule has 0 unspecified atom stereocenters. The number of unbranched alkanes of at least 4 members (excludes halogenated alkanes) is 2. The molecule has 3 heteroatoms. The van der Waals surface area contributed by atoms with Crippen molar-refractivity contribution < 1.29 is 13.2 Å². The van der Waals surface area contributed by atoms with Gasteiger partial charge in [-0.25, -0.2) is 13.2 Å². The number of halogens is 3. The maximum absolute atomic E-state index is 13.5. The Kier molecular flexibility index (Phi) is 6.05. The van der Waals surface area contributed by atoms with Gasteiger partial charge >= 0.3 is 0 Å². The lowest BCUT2D eigenvalue weighted by Gasteiger charge is -2.38. The van der Waals surface area contributed by atoms with E-state index in [0.29, 0.717) is 11.1 Å². The van der Waals surface area contributed by atoms with E-state index in [1.54, 1.807) is 0 Å². The Morgan fingerprint density at radius 1 is 0.808 bits per heavy atom. The van der Waals surface area contributed by atoms with Gasteiger partial charge in [-0.2, -0.15) is 0 Å². The first-order chi connectivity index (χ1) is 12.6. The summed E-state index contributed by atoms with van der Waals surface area (Å²) in [5, 5.41) is 0. The SMILES string of the molecule is CCCCCC1(c2ccc(-c3cc(F)c(F)c(F)c3)cc2)CCCCC1. The molecule has 1 fully saturated rings. The summed E-state index contributed by atoms with van der Waals surface area (Å²) >= 11 is 0. The van der Waals surface area contributed by atoms with Crippen LogP contribution in [0.5, 0.6) is 0 Å². The van der Waals surface area contributed by atoms with Gasteiger partial charge < -0.3 is 0 Å². The molecular formula is C23H27F3. The Labute approximate surface area is 154 Å². The molecule has 2 aromatic carbocycles. The lowest BCUT2D eigenvalue weighted by molar-refractivity contribution is 0.266. The average Bonchev–Trinajstić information content (AvgIpc) is 2.67. The van der Waals surface area contributed by atoms with Gasteiger partial charge in [0.05, 0.1) is 0 Å². The van der Waals surface area contributed by atoms with Crippen molar-refractivity contribution in [2.45, 2.75) is 70.1 Å². The van der Waals surface area contributed by atoms with Crippen LogP contribution < -0.4 is 0 Å². The monoisotopic (exact) mass is 360 g/mol. The molecule has 0 N–H and O–H groups in total. The second-order valence-electron chi connectivity index (χ2n) is 7.63. The summed E-state index contributed by atoms with van der Waals surface area (Å²) in [6.45, 7) is 2.23. The van der Waals surface area contributed by atoms with Crippen LogP contribution in [0.2, 0.25) is 0 Å². The lowest BCUT2D eigenvalue weighted by Crippen LogP contribution is -2.29. The Balaban J connectivity index is 1.87. The first-order valence-corrected chi connectivity index (χ1v) is 9.81. The quantitative estimate of drug-likeness (QED) is 0.368. The van der Waals surface area contributed by atoms with E-state index < -0.39 is 17.5 Å². The molecule has 0 heterocycles. The third-order valence-electron chi connectivity index (χ3n) is 5.88. The normalized spacial score (nSPS) is 16.6. The van der Waals surface area contributed by atoms with E-state index in [1.165, 1.54) is 63.4 Å². The summed E-state index contributed by atoms with van der Waals surface area (Å²) in [6, 6.07) is 10.2. The highest BCUT2D eigenvalue weighted by atomic mass is 19.2. The van der Waals surface area contributed by atoms with E-state index in [-0.39, 0.29) is 5.41 Å². The molecule has 26 heavy (non-hydrogen) atoms. The molecule has 0 amide bonds. The van der Waals surface area contributed by atoms with E-state index in [0.717, 1.165) is 12.1 Å². The number of benzene rings is 2. The standard InChI is InChI=1S/C23H27F3/c1-2-3-5-12-23(13-6-4-7-14-23)19-10-8-17(9-11-19)18-15-20(24)22(26)21(25)16-18/h8-11,15-16H,2-7,12-14H2,1H3. The van der Waals surface area contributed by atoms with Gasteiger partial charge in [0.2, 0.25) is 0 Å². The van der Waals surface area contributed by atoms with Crippen LogP contribution >= 0.6 is 0 Å². The molecule has 140 valence electrons. The molecule has 1 aliphatic carbocycles. The highest BCUT2D eigenvalue weighted by Gasteiger charge is 2.33. The Morgan fingerprint density at radius 3 is 2.00 bits per heavy atom. The zero-order valence-electron chi connectivity index (χ0n) is 15.5. The smallest absolute Gasteiger partial charge is 0.194 e. The molecular weight excluding hydrogens is 333 g/mol. The molecule has 0 aromatic heterocycles. The molecule has 0 radical (unpaired) electrons. The van der Waals surface area contributed by atoms with Gasteiger partial charge in [0.25, 0.3) is 0 Å². The van der Waals surface area contributed by atoms with Crippen LogP contribution in [0, 0.1) is 17.5 Å². The van der Waals surface area contributed by atoms with Crippen LogP contribution in [0.1, 0.15) is 70.3 Å². The van der Waals surface area contributed by atoms with Crippen molar-refractivity contribution in [2.75, 3.05) is 0 Å². The van der Waals surface area contributed by atoms with Crippen molar-refractivity contribution in [1.82, 2.24) is 0 Å². The van der Waals surface area contributed by atoms with E-state index in [9.17, 15) is 13.2 Å². The highest BCUT2D eigenvalue weighted by molar-refractivity contribution is 5.64. The van der Waals surface area contributed by atoms with Gasteiger partial charge in [0.15, 0.2) is 17.5 Å². The maximum atomic E-state index is 13.5. The van der Waals surface area contributed by atoms with E-state index >= 15 is 0 Å². The Bertz CT molecular complexity index is 705. The van der Waals surface area contributed by atoms with Crippen molar-refractivity contribution in [3.8, 4) is 11.1 Å². The Hall–Kier alpha value is -1.77. The molecule has 0 atom stereocenters. The van der Waals surface area contributed by atoms with E-state index in [4.69, 9.17) is 0 Å². The van der Waals surface area contributed by atoms with Gasteiger partial charge in [0, 0.05) is 0 Å². The van der Waals surface area contributed by atoms with Crippen molar-refractivity contribution >= 4 is 0 Å². The number of hydrogen-bond donors (Lipinski definition) is 0. The number of hydrogen-bond acceptors (Lipinski definition) is 0. The summed E-state index contributed by atoms with van der Waals surface area (Å²) in [5.74, 6) is -3.71. The predicted octanol–water partition coefficient (Wildman–Crippen LogP) is 7.55. The Morgan fingerprint density at radius 2 is 1.42 bits per heavy atom. The highest BCUT2D eigenvalue weighted by Crippen LogP contribution is 2.43. The fraction of sp³-hybridized carbons (Fsp3) is 0.478. The molecule has 0 bridgehead atoms. The van der Waals surface area contributed by atoms with Crippen LogP contribution in [-0.4, -0.2) is 0 Å². The van der Waals surface area contributed by atoms with Crippen molar-refractivity contribution in [2.24, 2.45) is 0 Å². The van der Waals surface area contributed by atoms with Crippen LogP contribution in [0.15, 0.2) is 36.4 Å². The summed E-state index contributed by atoms with van der Waals surface area (Å²) in [7, 11) is 0. The third-order valence-corrected chi connectivity index (χ3v) is 5.88. The lowest BCUT2D eigenvalue weighted by atomic mass is 9.66. The molecule has 0 aliphatic heterocycles. The summed E-state index contributed by atoms with van der Waals surface area (Å²) in [5.41, 5.74) is 2.66. The van der Waals surface area contributed by atoms with Crippen LogP contribution in [0.25, 0.3) is 11.1 Å². The molecule has 1 aliphatic rings. The first kappa shape index (κ1) is 19.0. The fourth-order valence-electron chi connectivity index (χ4n) is 4.36.